The number of nitrogens with one attached hydrogen (secondary N) is 1. The quantitative estimate of drug-likeness (QED) is 0.427. The summed E-state index contributed by atoms with van der Waals surface area (Å²) in [6.07, 6.45) is 1.09. The number of carbonyl (C=O) groups excluding carboxylic acids is 1. The third-order valence-electron chi connectivity index (χ3n) is 2.79. The van der Waals surface area contributed by atoms with Gasteiger partial charge in [-0.05, 0) is 40.2 Å². The van der Waals surface area contributed by atoms with E-state index < -0.39 is 10.8 Å². The summed E-state index contributed by atoms with van der Waals surface area (Å²) in [6.45, 7) is 0. The predicted octanol–water partition coefficient (Wildman–Crippen LogP) is 2.53. The predicted molar refractivity (Wildman–Crippen MR) is 85.6 cm³/mol. The van der Waals surface area contributed by atoms with Gasteiger partial charge in [0.05, 0.1) is 15.6 Å². The second-order valence-electron chi connectivity index (χ2n) is 4.37. The maximum absolute atomic E-state index is 11.8. The second kappa shape index (κ2) is 6.88. The largest absolute Gasteiger partial charge is 0.508 e. The molecule has 0 bridgehead atoms. The van der Waals surface area contributed by atoms with E-state index in [1.54, 1.807) is 0 Å². The number of amides is 1. The van der Waals surface area contributed by atoms with Crippen molar-refractivity contribution < 1.29 is 19.9 Å². The van der Waals surface area contributed by atoms with E-state index in [1.165, 1.54) is 24.3 Å². The molecule has 0 aliphatic rings. The fraction of sp³-hybridized carbons (Fsp3) is 0. The van der Waals surface area contributed by atoms with E-state index in [2.05, 4.69) is 26.5 Å². The highest BCUT2D eigenvalue weighted by Gasteiger charge is 2.13. The lowest BCUT2D eigenvalue weighted by Crippen LogP contribution is -2.17. The molecule has 9 heteroatoms. The summed E-state index contributed by atoms with van der Waals surface area (Å²) in [6, 6.07) is 7.78. The van der Waals surface area contributed by atoms with Crippen molar-refractivity contribution in [2.75, 3.05) is 0 Å². The minimum Gasteiger partial charge on any atom is -0.508 e. The summed E-state index contributed by atoms with van der Waals surface area (Å²) in [5.74, 6) is -0.750. The summed E-state index contributed by atoms with van der Waals surface area (Å²) >= 11 is 3.00. The molecule has 2 rings (SSSR count). The number of nitrogens with zero attached hydrogens (tertiary/aromatic N) is 2. The lowest BCUT2D eigenvalue weighted by atomic mass is 10.2. The van der Waals surface area contributed by atoms with Crippen LogP contribution in [0.25, 0.3) is 0 Å². The molecule has 0 saturated carbocycles. The number of hydrogen-bond acceptors (Lipinski definition) is 6. The Morgan fingerprint density at radius 3 is 2.52 bits per heavy atom. The van der Waals surface area contributed by atoms with Crippen molar-refractivity contribution in [1.82, 2.24) is 5.43 Å². The Kier molecular flexibility index (Phi) is 4.91. The first-order chi connectivity index (χ1) is 10.9. The fourth-order valence-corrected chi connectivity index (χ4v) is 2.11. The topological polar surface area (TPSA) is 125 Å². The van der Waals surface area contributed by atoms with Crippen molar-refractivity contribution in [3.8, 4) is 11.5 Å². The van der Waals surface area contributed by atoms with Gasteiger partial charge in [-0.1, -0.05) is 0 Å². The molecule has 0 aliphatic heterocycles. The van der Waals surface area contributed by atoms with Crippen LogP contribution in [0.5, 0.6) is 11.5 Å². The molecule has 2 aromatic carbocycles. The number of benzene rings is 2. The Bertz CT molecular complexity index is 790. The number of aromatic hydroxyl groups is 2. The molecule has 0 atom stereocenters. The van der Waals surface area contributed by atoms with Crippen molar-refractivity contribution in [1.29, 1.82) is 0 Å². The van der Waals surface area contributed by atoms with Crippen molar-refractivity contribution in [3.05, 3.63) is 62.1 Å². The van der Waals surface area contributed by atoms with Gasteiger partial charge < -0.3 is 10.2 Å². The molecular weight excluding hydrogens is 370 g/mol. The Morgan fingerprint density at radius 2 is 1.91 bits per heavy atom. The third-order valence-corrected chi connectivity index (χ3v) is 3.39. The maximum Gasteiger partial charge on any atom is 0.271 e. The normalized spacial score (nSPS) is 10.7. The first kappa shape index (κ1) is 16.4. The molecule has 0 heterocycles. The van der Waals surface area contributed by atoms with Crippen LogP contribution in [0.2, 0.25) is 0 Å². The van der Waals surface area contributed by atoms with Crippen LogP contribution >= 0.6 is 15.9 Å². The van der Waals surface area contributed by atoms with Crippen LogP contribution in [-0.2, 0) is 0 Å². The number of phenols is 2. The zero-order valence-electron chi connectivity index (χ0n) is 11.4. The molecule has 1 amide bonds. The first-order valence-corrected chi connectivity index (χ1v) is 6.97. The standard InChI is InChI=1S/C14H10BrN3O5/c15-12-6-10(18(22)23)5-9(13(12)20)7-16-17-14(21)8-1-3-11(19)4-2-8/h1-7,19-20H,(H,17,21)/b16-7-. The van der Waals surface area contributed by atoms with Crippen LogP contribution in [0.3, 0.4) is 0 Å². The van der Waals surface area contributed by atoms with Crippen LogP contribution in [0.1, 0.15) is 15.9 Å². The van der Waals surface area contributed by atoms with E-state index in [9.17, 15) is 20.0 Å². The number of hydrogen-bond donors (Lipinski definition) is 3. The number of phenolic OH excluding ortho intramolecular Hbond substituents is 2. The Balaban J connectivity index is 2.15. The average Bonchev–Trinajstić information content (AvgIpc) is 2.51. The molecule has 0 saturated heterocycles. The van der Waals surface area contributed by atoms with E-state index in [0.717, 1.165) is 18.3 Å². The monoisotopic (exact) mass is 379 g/mol. The van der Waals surface area contributed by atoms with Gasteiger partial charge in [-0.2, -0.15) is 5.10 Å². The molecular formula is C14H10BrN3O5. The first-order valence-electron chi connectivity index (χ1n) is 6.18. The zero-order valence-corrected chi connectivity index (χ0v) is 13.0. The van der Waals surface area contributed by atoms with Crippen molar-refractivity contribution in [3.63, 3.8) is 0 Å². The molecule has 0 aliphatic carbocycles. The van der Waals surface area contributed by atoms with Crippen molar-refractivity contribution in [2.24, 2.45) is 5.10 Å². The number of carbonyl (C=O) groups is 1. The molecule has 0 spiro atoms. The van der Waals surface area contributed by atoms with Crippen molar-refractivity contribution in [2.45, 2.75) is 0 Å². The fourth-order valence-electron chi connectivity index (χ4n) is 1.65. The molecule has 0 radical (unpaired) electrons. The van der Waals surface area contributed by atoms with E-state index in [4.69, 9.17) is 5.11 Å². The zero-order chi connectivity index (χ0) is 17.0. The molecule has 0 aromatic heterocycles. The van der Waals surface area contributed by atoms with Gasteiger partial charge in [0, 0.05) is 23.3 Å². The van der Waals surface area contributed by atoms with Gasteiger partial charge >= 0.3 is 0 Å². The van der Waals surface area contributed by atoms with Crippen molar-refractivity contribution >= 4 is 33.7 Å². The number of rotatable bonds is 4. The van der Waals surface area contributed by atoms with Gasteiger partial charge in [-0.3, -0.25) is 14.9 Å². The lowest BCUT2D eigenvalue weighted by Gasteiger charge is -2.03. The highest BCUT2D eigenvalue weighted by Crippen LogP contribution is 2.31. The smallest absolute Gasteiger partial charge is 0.271 e. The van der Waals surface area contributed by atoms with Gasteiger partial charge in [-0.15, -0.1) is 0 Å². The SMILES string of the molecule is O=C(N/N=C\c1cc([N+](=O)[O-])cc(Br)c1O)c1ccc(O)cc1. The van der Waals surface area contributed by atoms with E-state index in [0.29, 0.717) is 0 Å². The maximum atomic E-state index is 11.8. The van der Waals surface area contributed by atoms with Crippen LogP contribution in [0, 0.1) is 10.1 Å². The van der Waals surface area contributed by atoms with Gasteiger partial charge in [-0.25, -0.2) is 5.43 Å². The summed E-state index contributed by atoms with van der Waals surface area (Å²) in [5, 5.41) is 33.4. The van der Waals surface area contributed by atoms with Crippen LogP contribution in [0.15, 0.2) is 46.0 Å². The molecule has 2 aromatic rings. The molecule has 0 fully saturated rings. The van der Waals surface area contributed by atoms with E-state index in [1.807, 2.05) is 0 Å². The molecule has 0 unspecified atom stereocenters. The van der Waals surface area contributed by atoms with Gasteiger partial charge in [0.2, 0.25) is 0 Å². The van der Waals surface area contributed by atoms with Gasteiger partial charge in [0.1, 0.15) is 11.5 Å². The lowest BCUT2D eigenvalue weighted by molar-refractivity contribution is -0.385. The number of halogens is 1. The number of non-ortho nitro benzene ring substituents is 1. The van der Waals surface area contributed by atoms with Gasteiger partial charge in [0.25, 0.3) is 11.6 Å². The number of nitro benzene ring substituents is 1. The Morgan fingerprint density at radius 1 is 1.26 bits per heavy atom. The average molecular weight is 380 g/mol. The summed E-state index contributed by atoms with van der Waals surface area (Å²) in [5.41, 5.74) is 2.31. The van der Waals surface area contributed by atoms with Gasteiger partial charge in [0.15, 0.2) is 0 Å². The highest BCUT2D eigenvalue weighted by molar-refractivity contribution is 9.10. The van der Waals surface area contributed by atoms with E-state index in [-0.39, 0.29) is 32.8 Å². The summed E-state index contributed by atoms with van der Waals surface area (Å²) < 4.78 is 0.137. The Labute approximate surface area is 138 Å². The molecule has 23 heavy (non-hydrogen) atoms. The number of nitro groups is 1. The second-order valence-corrected chi connectivity index (χ2v) is 5.22. The van der Waals surface area contributed by atoms with E-state index >= 15 is 0 Å². The Hall–Kier alpha value is -2.94. The minimum atomic E-state index is -0.615. The van der Waals surface area contributed by atoms with Crippen LogP contribution < -0.4 is 5.43 Å². The van der Waals surface area contributed by atoms with Crippen LogP contribution in [0.4, 0.5) is 5.69 Å². The van der Waals surface area contributed by atoms with Crippen LogP contribution in [-0.4, -0.2) is 27.3 Å². The molecule has 3 N–H and O–H groups in total. The summed E-state index contributed by atoms with van der Waals surface area (Å²) in [4.78, 5) is 22.0. The third kappa shape index (κ3) is 4.04. The molecule has 8 nitrogen and oxygen atoms in total. The molecule has 118 valence electrons. The summed E-state index contributed by atoms with van der Waals surface area (Å²) in [7, 11) is 0. The highest BCUT2D eigenvalue weighted by atomic mass is 79.9. The minimum absolute atomic E-state index is 0.0245. The number of hydrazone groups is 1.